The van der Waals surface area contributed by atoms with Gasteiger partial charge in [0.05, 0.1) is 10.2 Å². The summed E-state index contributed by atoms with van der Waals surface area (Å²) < 4.78 is 1.10. The standard InChI is InChI=1S/C16H18BrNOS/c1-11-4-5-12(2)14(6-11)8-16(19)18(3)9-13-7-15(17)20-10-13/h4-7,10H,8-9H2,1-3H3. The number of nitrogens with zero attached hydrogens (tertiary/aromatic N) is 1. The number of carbonyl (C=O) groups is 1. The molecular weight excluding hydrogens is 334 g/mol. The zero-order chi connectivity index (χ0) is 14.7. The first-order valence-corrected chi connectivity index (χ1v) is 8.16. The third kappa shape index (κ3) is 3.93. The fourth-order valence-corrected chi connectivity index (χ4v) is 3.28. The third-order valence-electron chi connectivity index (χ3n) is 3.31. The van der Waals surface area contributed by atoms with Gasteiger partial charge in [-0.25, -0.2) is 0 Å². The summed E-state index contributed by atoms with van der Waals surface area (Å²) in [4.78, 5) is 14.1. The van der Waals surface area contributed by atoms with Crippen molar-refractivity contribution in [1.29, 1.82) is 0 Å². The summed E-state index contributed by atoms with van der Waals surface area (Å²) in [6.07, 6.45) is 0.468. The predicted octanol–water partition coefficient (Wildman–Crippen LogP) is 4.33. The lowest BCUT2D eigenvalue weighted by Crippen LogP contribution is -2.27. The molecule has 2 aromatic rings. The highest BCUT2D eigenvalue weighted by Crippen LogP contribution is 2.21. The normalized spacial score (nSPS) is 10.6. The smallest absolute Gasteiger partial charge is 0.227 e. The number of halogens is 1. The molecule has 2 nitrogen and oxygen atoms in total. The molecule has 0 aliphatic carbocycles. The third-order valence-corrected chi connectivity index (χ3v) is 4.87. The van der Waals surface area contributed by atoms with E-state index in [2.05, 4.69) is 59.4 Å². The van der Waals surface area contributed by atoms with E-state index in [0.29, 0.717) is 13.0 Å². The van der Waals surface area contributed by atoms with E-state index in [-0.39, 0.29) is 5.91 Å². The van der Waals surface area contributed by atoms with Gasteiger partial charge in [0.25, 0.3) is 0 Å². The quantitative estimate of drug-likeness (QED) is 0.802. The molecule has 0 fully saturated rings. The Bertz CT molecular complexity index is 621. The van der Waals surface area contributed by atoms with E-state index in [1.165, 1.54) is 16.7 Å². The zero-order valence-corrected chi connectivity index (χ0v) is 14.3. The van der Waals surface area contributed by atoms with Crippen molar-refractivity contribution < 1.29 is 4.79 Å². The van der Waals surface area contributed by atoms with Crippen molar-refractivity contribution in [3.05, 3.63) is 55.7 Å². The molecule has 1 amide bonds. The van der Waals surface area contributed by atoms with Crippen LogP contribution in [-0.2, 0) is 17.8 Å². The Morgan fingerprint density at radius 3 is 2.70 bits per heavy atom. The molecule has 0 radical (unpaired) electrons. The average molecular weight is 352 g/mol. The first-order chi connectivity index (χ1) is 9.45. The Hall–Kier alpha value is -1.13. The van der Waals surface area contributed by atoms with Crippen LogP contribution in [-0.4, -0.2) is 17.9 Å². The highest BCUT2D eigenvalue weighted by Gasteiger charge is 2.12. The maximum atomic E-state index is 12.3. The Balaban J connectivity index is 2.02. The maximum absolute atomic E-state index is 12.3. The molecule has 2 rings (SSSR count). The first-order valence-electron chi connectivity index (χ1n) is 6.48. The summed E-state index contributed by atoms with van der Waals surface area (Å²) in [6.45, 7) is 4.77. The number of amides is 1. The van der Waals surface area contributed by atoms with E-state index in [1.807, 2.05) is 7.05 Å². The van der Waals surface area contributed by atoms with Crippen LogP contribution in [0.2, 0.25) is 0 Å². The molecule has 0 unspecified atom stereocenters. The van der Waals surface area contributed by atoms with Crippen LogP contribution in [0.25, 0.3) is 0 Å². The topological polar surface area (TPSA) is 20.3 Å². The lowest BCUT2D eigenvalue weighted by atomic mass is 10.0. The number of carbonyl (C=O) groups excluding carboxylic acids is 1. The van der Waals surface area contributed by atoms with Gasteiger partial charge < -0.3 is 4.90 Å². The van der Waals surface area contributed by atoms with E-state index in [9.17, 15) is 4.79 Å². The maximum Gasteiger partial charge on any atom is 0.227 e. The van der Waals surface area contributed by atoms with Gasteiger partial charge in [0.2, 0.25) is 5.91 Å². The minimum absolute atomic E-state index is 0.154. The molecule has 0 atom stereocenters. The number of hydrogen-bond acceptors (Lipinski definition) is 2. The highest BCUT2D eigenvalue weighted by atomic mass is 79.9. The molecule has 0 spiro atoms. The van der Waals surface area contributed by atoms with E-state index >= 15 is 0 Å². The van der Waals surface area contributed by atoms with Crippen LogP contribution in [0.3, 0.4) is 0 Å². The SMILES string of the molecule is Cc1ccc(C)c(CC(=O)N(C)Cc2csc(Br)c2)c1. The van der Waals surface area contributed by atoms with Crippen LogP contribution < -0.4 is 0 Å². The molecule has 0 bridgehead atoms. The van der Waals surface area contributed by atoms with Crippen LogP contribution in [0.1, 0.15) is 22.3 Å². The molecular formula is C16H18BrNOS. The molecule has 106 valence electrons. The second kappa shape index (κ2) is 6.55. The van der Waals surface area contributed by atoms with Crippen molar-refractivity contribution in [3.8, 4) is 0 Å². The minimum Gasteiger partial charge on any atom is -0.341 e. The van der Waals surface area contributed by atoms with E-state index in [0.717, 1.165) is 9.35 Å². The van der Waals surface area contributed by atoms with Crippen molar-refractivity contribution in [3.63, 3.8) is 0 Å². The van der Waals surface area contributed by atoms with Crippen molar-refractivity contribution in [2.45, 2.75) is 26.8 Å². The summed E-state index contributed by atoms with van der Waals surface area (Å²) in [5.41, 5.74) is 4.66. The van der Waals surface area contributed by atoms with Gasteiger partial charge in [0, 0.05) is 13.6 Å². The van der Waals surface area contributed by atoms with Crippen LogP contribution in [0.15, 0.2) is 33.4 Å². The first kappa shape index (κ1) is 15.3. The Kier molecular flexibility index (Phi) is 5.00. The zero-order valence-electron chi connectivity index (χ0n) is 11.9. The number of aryl methyl sites for hydroxylation is 2. The molecule has 1 aromatic carbocycles. The summed E-state index contributed by atoms with van der Waals surface area (Å²) in [5, 5.41) is 2.08. The predicted molar refractivity (Wildman–Crippen MR) is 88.1 cm³/mol. The average Bonchev–Trinajstić information content (AvgIpc) is 2.79. The second-order valence-electron chi connectivity index (χ2n) is 5.12. The molecule has 4 heteroatoms. The Morgan fingerprint density at radius 1 is 1.30 bits per heavy atom. The minimum atomic E-state index is 0.154. The Labute approximate surface area is 132 Å². The van der Waals surface area contributed by atoms with Crippen LogP contribution in [0, 0.1) is 13.8 Å². The second-order valence-corrected chi connectivity index (χ2v) is 7.41. The van der Waals surface area contributed by atoms with E-state index in [1.54, 1.807) is 16.2 Å². The fraction of sp³-hybridized carbons (Fsp3) is 0.312. The molecule has 0 saturated carbocycles. The number of likely N-dealkylation sites (N-methyl/N-ethyl adjacent to an activating group) is 1. The summed E-state index contributed by atoms with van der Waals surface area (Å²) in [6, 6.07) is 8.32. The summed E-state index contributed by atoms with van der Waals surface area (Å²) in [7, 11) is 1.86. The largest absolute Gasteiger partial charge is 0.341 e. The summed E-state index contributed by atoms with van der Waals surface area (Å²) in [5.74, 6) is 0.154. The molecule has 0 aliphatic heterocycles. The van der Waals surface area contributed by atoms with Gasteiger partial charge in [-0.1, -0.05) is 23.8 Å². The van der Waals surface area contributed by atoms with Crippen molar-refractivity contribution in [1.82, 2.24) is 4.90 Å². The van der Waals surface area contributed by atoms with Crippen molar-refractivity contribution in [2.24, 2.45) is 0 Å². The number of hydrogen-bond donors (Lipinski definition) is 0. The van der Waals surface area contributed by atoms with Gasteiger partial charge >= 0.3 is 0 Å². The van der Waals surface area contributed by atoms with Crippen molar-refractivity contribution in [2.75, 3.05) is 7.05 Å². The number of thiophene rings is 1. The van der Waals surface area contributed by atoms with Gasteiger partial charge in [-0.2, -0.15) is 0 Å². The monoisotopic (exact) mass is 351 g/mol. The lowest BCUT2D eigenvalue weighted by Gasteiger charge is -2.17. The van der Waals surface area contributed by atoms with E-state index < -0.39 is 0 Å². The fourth-order valence-electron chi connectivity index (χ4n) is 2.08. The Morgan fingerprint density at radius 2 is 2.05 bits per heavy atom. The molecule has 0 aliphatic rings. The van der Waals surface area contributed by atoms with Crippen LogP contribution >= 0.6 is 27.3 Å². The molecule has 0 saturated heterocycles. The molecule has 20 heavy (non-hydrogen) atoms. The molecule has 1 heterocycles. The van der Waals surface area contributed by atoms with Crippen molar-refractivity contribution >= 4 is 33.2 Å². The number of benzene rings is 1. The van der Waals surface area contributed by atoms with Gasteiger partial charge in [0.1, 0.15) is 0 Å². The number of rotatable bonds is 4. The van der Waals surface area contributed by atoms with Crippen LogP contribution in [0.4, 0.5) is 0 Å². The molecule has 0 N–H and O–H groups in total. The molecule has 1 aromatic heterocycles. The summed E-state index contributed by atoms with van der Waals surface area (Å²) >= 11 is 5.09. The highest BCUT2D eigenvalue weighted by molar-refractivity contribution is 9.11. The van der Waals surface area contributed by atoms with Crippen LogP contribution in [0.5, 0.6) is 0 Å². The van der Waals surface area contributed by atoms with Gasteiger partial charge in [-0.3, -0.25) is 4.79 Å². The van der Waals surface area contributed by atoms with Gasteiger partial charge in [-0.15, -0.1) is 11.3 Å². The van der Waals surface area contributed by atoms with Gasteiger partial charge in [0.15, 0.2) is 0 Å². The van der Waals surface area contributed by atoms with E-state index in [4.69, 9.17) is 0 Å². The lowest BCUT2D eigenvalue weighted by molar-refractivity contribution is -0.129. The van der Waals surface area contributed by atoms with Gasteiger partial charge in [-0.05, 0) is 57.9 Å².